The summed E-state index contributed by atoms with van der Waals surface area (Å²) in [4.78, 5) is 14.1. The minimum atomic E-state index is 0.00731. The van der Waals surface area contributed by atoms with E-state index in [1.54, 1.807) is 25.5 Å². The molecule has 0 atom stereocenters. The number of hydrogen-bond acceptors (Lipinski definition) is 3. The molecule has 1 aliphatic rings. The first-order valence-corrected chi connectivity index (χ1v) is 7.72. The standard InChI is InChI=1S/C18H21NO3/c1-21-16-6-4-14(5-7-16)13-15-8-10-19(11-9-15)18(20)17-3-2-12-22-17/h2-7,12,15H,8-11,13H2,1H3. The Balaban J connectivity index is 1.52. The van der Waals surface area contributed by atoms with Crippen molar-refractivity contribution < 1.29 is 13.9 Å². The summed E-state index contributed by atoms with van der Waals surface area (Å²) in [5.74, 6) is 1.97. The van der Waals surface area contributed by atoms with Gasteiger partial charge in [-0.2, -0.15) is 0 Å². The second kappa shape index (κ2) is 6.69. The number of furan rings is 1. The molecule has 1 fully saturated rings. The van der Waals surface area contributed by atoms with Crippen LogP contribution in [-0.4, -0.2) is 31.0 Å². The number of carbonyl (C=O) groups excluding carboxylic acids is 1. The number of nitrogens with zero attached hydrogens (tertiary/aromatic N) is 1. The molecule has 116 valence electrons. The Morgan fingerprint density at radius 3 is 2.55 bits per heavy atom. The summed E-state index contributed by atoms with van der Waals surface area (Å²) >= 11 is 0. The van der Waals surface area contributed by atoms with E-state index in [-0.39, 0.29) is 5.91 Å². The third-order valence-electron chi connectivity index (χ3n) is 4.32. The van der Waals surface area contributed by atoms with Gasteiger partial charge >= 0.3 is 0 Å². The van der Waals surface area contributed by atoms with Crippen molar-refractivity contribution in [3.8, 4) is 5.75 Å². The molecule has 2 heterocycles. The van der Waals surface area contributed by atoms with Crippen LogP contribution >= 0.6 is 0 Å². The predicted octanol–water partition coefficient (Wildman–Crippen LogP) is 3.38. The fourth-order valence-electron chi connectivity index (χ4n) is 2.99. The lowest BCUT2D eigenvalue weighted by Crippen LogP contribution is -2.38. The Bertz CT molecular complexity index is 596. The largest absolute Gasteiger partial charge is 0.497 e. The van der Waals surface area contributed by atoms with E-state index in [0.717, 1.165) is 38.1 Å². The fourth-order valence-corrected chi connectivity index (χ4v) is 2.99. The first-order valence-electron chi connectivity index (χ1n) is 7.72. The average Bonchev–Trinajstić information content (AvgIpc) is 3.10. The molecule has 0 radical (unpaired) electrons. The van der Waals surface area contributed by atoms with Crippen LogP contribution in [-0.2, 0) is 6.42 Å². The number of rotatable bonds is 4. The molecule has 22 heavy (non-hydrogen) atoms. The van der Waals surface area contributed by atoms with Crippen molar-refractivity contribution in [1.82, 2.24) is 4.90 Å². The molecule has 1 saturated heterocycles. The van der Waals surface area contributed by atoms with Crippen LogP contribution in [0.5, 0.6) is 5.75 Å². The lowest BCUT2D eigenvalue weighted by atomic mass is 9.90. The Hall–Kier alpha value is -2.23. The third kappa shape index (κ3) is 3.32. The van der Waals surface area contributed by atoms with E-state index in [1.807, 2.05) is 17.0 Å². The molecule has 2 aromatic rings. The first kappa shape index (κ1) is 14.7. The van der Waals surface area contributed by atoms with E-state index in [4.69, 9.17) is 9.15 Å². The van der Waals surface area contributed by atoms with Crippen LogP contribution in [0.3, 0.4) is 0 Å². The van der Waals surface area contributed by atoms with Gasteiger partial charge in [-0.15, -0.1) is 0 Å². The molecule has 0 saturated carbocycles. The predicted molar refractivity (Wildman–Crippen MR) is 84.0 cm³/mol. The summed E-state index contributed by atoms with van der Waals surface area (Å²) in [5.41, 5.74) is 1.33. The van der Waals surface area contributed by atoms with Crippen molar-refractivity contribution in [3.63, 3.8) is 0 Å². The van der Waals surface area contributed by atoms with Gasteiger partial charge in [-0.25, -0.2) is 0 Å². The van der Waals surface area contributed by atoms with Gasteiger partial charge in [-0.3, -0.25) is 4.79 Å². The van der Waals surface area contributed by atoms with Gasteiger partial charge in [-0.05, 0) is 55.0 Å². The number of piperidine rings is 1. The molecule has 4 nitrogen and oxygen atoms in total. The van der Waals surface area contributed by atoms with E-state index in [9.17, 15) is 4.79 Å². The summed E-state index contributed by atoms with van der Waals surface area (Å²) in [6.07, 6.45) is 4.69. The zero-order valence-corrected chi connectivity index (χ0v) is 12.8. The van der Waals surface area contributed by atoms with Crippen molar-refractivity contribution in [2.45, 2.75) is 19.3 Å². The normalized spacial score (nSPS) is 15.8. The first-order chi connectivity index (χ1) is 10.8. The van der Waals surface area contributed by atoms with Gasteiger partial charge in [0.2, 0.25) is 0 Å². The van der Waals surface area contributed by atoms with Crippen LogP contribution in [0.25, 0.3) is 0 Å². The highest BCUT2D eigenvalue weighted by Gasteiger charge is 2.24. The molecule has 1 amide bonds. The smallest absolute Gasteiger partial charge is 0.289 e. The lowest BCUT2D eigenvalue weighted by Gasteiger charge is -2.31. The van der Waals surface area contributed by atoms with Crippen molar-refractivity contribution in [2.24, 2.45) is 5.92 Å². The number of benzene rings is 1. The Morgan fingerprint density at radius 2 is 1.95 bits per heavy atom. The second-order valence-electron chi connectivity index (χ2n) is 5.77. The molecular weight excluding hydrogens is 278 g/mol. The van der Waals surface area contributed by atoms with Gasteiger partial charge in [0.25, 0.3) is 5.91 Å². The molecule has 1 aliphatic heterocycles. The van der Waals surface area contributed by atoms with Crippen LogP contribution in [0.4, 0.5) is 0 Å². The lowest BCUT2D eigenvalue weighted by molar-refractivity contribution is 0.0658. The number of hydrogen-bond donors (Lipinski definition) is 0. The van der Waals surface area contributed by atoms with Crippen molar-refractivity contribution >= 4 is 5.91 Å². The van der Waals surface area contributed by atoms with E-state index < -0.39 is 0 Å². The van der Waals surface area contributed by atoms with Gasteiger partial charge in [0.05, 0.1) is 13.4 Å². The highest BCUT2D eigenvalue weighted by molar-refractivity contribution is 5.91. The quantitative estimate of drug-likeness (QED) is 0.869. The van der Waals surface area contributed by atoms with Crippen LogP contribution in [0, 0.1) is 5.92 Å². The summed E-state index contributed by atoms with van der Waals surface area (Å²) < 4.78 is 10.4. The van der Waals surface area contributed by atoms with Gasteiger partial charge in [0.15, 0.2) is 5.76 Å². The zero-order chi connectivity index (χ0) is 15.4. The summed E-state index contributed by atoms with van der Waals surface area (Å²) in [7, 11) is 1.68. The van der Waals surface area contributed by atoms with Gasteiger partial charge in [0.1, 0.15) is 5.75 Å². The molecule has 1 aromatic carbocycles. The summed E-state index contributed by atoms with van der Waals surface area (Å²) in [6.45, 7) is 1.61. The van der Waals surface area contributed by atoms with E-state index >= 15 is 0 Å². The number of amides is 1. The van der Waals surface area contributed by atoms with Crippen LogP contribution in [0.2, 0.25) is 0 Å². The van der Waals surface area contributed by atoms with Crippen LogP contribution in [0.1, 0.15) is 29.0 Å². The number of methoxy groups -OCH3 is 1. The van der Waals surface area contributed by atoms with Gasteiger partial charge in [-0.1, -0.05) is 12.1 Å². The molecule has 0 aliphatic carbocycles. The van der Waals surface area contributed by atoms with Crippen LogP contribution in [0.15, 0.2) is 47.1 Å². The minimum Gasteiger partial charge on any atom is -0.497 e. The summed E-state index contributed by atoms with van der Waals surface area (Å²) in [5, 5.41) is 0. The molecule has 0 unspecified atom stereocenters. The van der Waals surface area contributed by atoms with Gasteiger partial charge in [0, 0.05) is 13.1 Å². The summed E-state index contributed by atoms with van der Waals surface area (Å²) in [6, 6.07) is 11.7. The molecule has 0 N–H and O–H groups in total. The maximum atomic E-state index is 12.2. The maximum Gasteiger partial charge on any atom is 0.289 e. The molecule has 0 spiro atoms. The van der Waals surface area contributed by atoms with Crippen molar-refractivity contribution in [3.05, 3.63) is 54.0 Å². The van der Waals surface area contributed by atoms with E-state index in [1.165, 1.54) is 5.56 Å². The second-order valence-corrected chi connectivity index (χ2v) is 5.77. The molecule has 3 rings (SSSR count). The minimum absolute atomic E-state index is 0.00731. The maximum absolute atomic E-state index is 12.2. The molecule has 1 aromatic heterocycles. The van der Waals surface area contributed by atoms with Gasteiger partial charge < -0.3 is 14.1 Å². The number of ether oxygens (including phenoxy) is 1. The number of carbonyl (C=O) groups is 1. The highest BCUT2D eigenvalue weighted by Crippen LogP contribution is 2.24. The topological polar surface area (TPSA) is 42.7 Å². The molecular formula is C18H21NO3. The molecule has 0 bridgehead atoms. The Kier molecular flexibility index (Phi) is 4.47. The monoisotopic (exact) mass is 299 g/mol. The Morgan fingerprint density at radius 1 is 1.23 bits per heavy atom. The Labute approximate surface area is 130 Å². The van der Waals surface area contributed by atoms with Crippen molar-refractivity contribution in [2.75, 3.05) is 20.2 Å². The zero-order valence-electron chi connectivity index (χ0n) is 12.8. The molecule has 4 heteroatoms. The van der Waals surface area contributed by atoms with E-state index in [2.05, 4.69) is 12.1 Å². The number of likely N-dealkylation sites (tertiary alicyclic amines) is 1. The average molecular weight is 299 g/mol. The van der Waals surface area contributed by atoms with Crippen LogP contribution < -0.4 is 4.74 Å². The third-order valence-corrected chi connectivity index (χ3v) is 4.32. The SMILES string of the molecule is COc1ccc(CC2CCN(C(=O)c3ccco3)CC2)cc1. The van der Waals surface area contributed by atoms with Crippen molar-refractivity contribution in [1.29, 1.82) is 0 Å². The highest BCUT2D eigenvalue weighted by atomic mass is 16.5. The van der Waals surface area contributed by atoms with E-state index in [0.29, 0.717) is 11.7 Å². The fraction of sp³-hybridized carbons (Fsp3) is 0.389.